The zero-order chi connectivity index (χ0) is 21.5. The van der Waals surface area contributed by atoms with Crippen LogP contribution in [-0.2, 0) is 27.4 Å². The maximum atomic E-state index is 12.7. The number of hydrogen-bond donors (Lipinski definition) is 2. The molecule has 1 amide bonds. The molecular weight excluding hydrogens is 358 g/mol. The maximum absolute atomic E-state index is 12.7. The van der Waals surface area contributed by atoms with Gasteiger partial charge in [0.2, 0.25) is 0 Å². The Hall–Kier alpha value is -2.21. The highest BCUT2D eigenvalue weighted by molar-refractivity contribution is 5.92. The topological polar surface area (TPSA) is 92.7 Å². The molecule has 0 aliphatic rings. The van der Waals surface area contributed by atoms with Gasteiger partial charge in [-0.3, -0.25) is 9.59 Å². The summed E-state index contributed by atoms with van der Waals surface area (Å²) in [6.07, 6.45) is -0.347. The second-order valence-electron chi connectivity index (χ2n) is 8.56. The summed E-state index contributed by atoms with van der Waals surface area (Å²) in [4.78, 5) is 37.2. The van der Waals surface area contributed by atoms with Crippen molar-refractivity contribution in [1.29, 1.82) is 0 Å². The number of aliphatic hydroxyl groups is 1. The molecule has 0 aliphatic heterocycles. The Kier molecular flexibility index (Phi) is 8.82. The van der Waals surface area contributed by atoms with Gasteiger partial charge < -0.3 is 15.2 Å². The lowest BCUT2D eigenvalue weighted by Gasteiger charge is -2.25. The van der Waals surface area contributed by atoms with Gasteiger partial charge in [-0.05, 0) is 37.8 Å². The number of benzene rings is 1. The van der Waals surface area contributed by atoms with Crippen LogP contribution in [0.5, 0.6) is 0 Å². The zero-order valence-electron chi connectivity index (χ0n) is 17.7. The predicted molar refractivity (Wildman–Crippen MR) is 108 cm³/mol. The first-order valence-electron chi connectivity index (χ1n) is 9.66. The Labute approximate surface area is 167 Å². The normalized spacial score (nSPS) is 13.7. The van der Waals surface area contributed by atoms with Gasteiger partial charge in [0.05, 0.1) is 12.6 Å². The van der Waals surface area contributed by atoms with E-state index in [-0.39, 0.29) is 36.9 Å². The molecule has 0 fully saturated rings. The van der Waals surface area contributed by atoms with Crippen LogP contribution in [0.15, 0.2) is 24.3 Å². The second kappa shape index (κ2) is 10.4. The van der Waals surface area contributed by atoms with E-state index in [1.165, 1.54) is 0 Å². The fraction of sp³-hybridized carbons (Fsp3) is 0.591. The van der Waals surface area contributed by atoms with E-state index >= 15 is 0 Å². The largest absolute Gasteiger partial charge is 0.444 e. The van der Waals surface area contributed by atoms with Crippen molar-refractivity contribution in [1.82, 2.24) is 5.32 Å². The first-order valence-corrected chi connectivity index (χ1v) is 9.66. The molecule has 1 rings (SSSR count). The van der Waals surface area contributed by atoms with Gasteiger partial charge >= 0.3 is 6.09 Å². The van der Waals surface area contributed by atoms with Gasteiger partial charge in [-0.25, -0.2) is 4.79 Å². The molecule has 6 nitrogen and oxygen atoms in total. The third kappa shape index (κ3) is 8.21. The van der Waals surface area contributed by atoms with Crippen molar-refractivity contribution in [2.75, 3.05) is 0 Å². The molecule has 0 bridgehead atoms. The van der Waals surface area contributed by atoms with E-state index in [4.69, 9.17) is 9.84 Å². The van der Waals surface area contributed by atoms with Gasteiger partial charge in [-0.1, -0.05) is 45.0 Å². The number of carbonyl (C=O) groups is 3. The molecule has 0 unspecified atom stereocenters. The third-order valence-corrected chi connectivity index (χ3v) is 4.33. The molecule has 0 saturated carbocycles. The molecule has 0 radical (unpaired) electrons. The fourth-order valence-corrected chi connectivity index (χ4v) is 2.73. The van der Waals surface area contributed by atoms with E-state index in [0.717, 1.165) is 11.1 Å². The molecule has 6 heteroatoms. The number of rotatable bonds is 9. The molecule has 0 aromatic heterocycles. The van der Waals surface area contributed by atoms with Crippen molar-refractivity contribution in [2.24, 2.45) is 11.8 Å². The van der Waals surface area contributed by atoms with Gasteiger partial charge in [-0.15, -0.1) is 0 Å². The van der Waals surface area contributed by atoms with Crippen molar-refractivity contribution in [2.45, 2.75) is 72.6 Å². The van der Waals surface area contributed by atoms with E-state index in [2.05, 4.69) is 5.32 Å². The van der Waals surface area contributed by atoms with Gasteiger partial charge in [-0.2, -0.15) is 0 Å². The number of nitrogens with one attached hydrogen (secondary N) is 1. The molecule has 1 aromatic carbocycles. The first kappa shape index (κ1) is 23.8. The summed E-state index contributed by atoms with van der Waals surface area (Å²) >= 11 is 0. The van der Waals surface area contributed by atoms with Gasteiger partial charge in [0.1, 0.15) is 11.4 Å². The summed E-state index contributed by atoms with van der Waals surface area (Å²) in [5, 5.41) is 11.7. The fourth-order valence-electron chi connectivity index (χ4n) is 2.73. The lowest BCUT2D eigenvalue weighted by molar-refractivity contribution is -0.128. The first-order chi connectivity index (χ1) is 12.9. The van der Waals surface area contributed by atoms with Gasteiger partial charge in [0.25, 0.3) is 0 Å². The average Bonchev–Trinajstić information content (AvgIpc) is 2.58. The van der Waals surface area contributed by atoms with E-state index in [1.54, 1.807) is 52.0 Å². The van der Waals surface area contributed by atoms with E-state index in [9.17, 15) is 14.4 Å². The number of carbonyl (C=O) groups excluding carboxylic acids is 3. The molecule has 156 valence electrons. The summed E-state index contributed by atoms with van der Waals surface area (Å²) in [5.74, 6) is -0.790. The molecule has 28 heavy (non-hydrogen) atoms. The van der Waals surface area contributed by atoms with Gasteiger partial charge in [0.15, 0.2) is 5.78 Å². The van der Waals surface area contributed by atoms with Crippen molar-refractivity contribution in [3.63, 3.8) is 0 Å². The minimum absolute atomic E-state index is 0.0372. The van der Waals surface area contributed by atoms with E-state index < -0.39 is 23.7 Å². The van der Waals surface area contributed by atoms with Crippen LogP contribution in [-0.4, -0.2) is 34.4 Å². The van der Waals surface area contributed by atoms with Crippen molar-refractivity contribution < 1.29 is 24.2 Å². The van der Waals surface area contributed by atoms with Gasteiger partial charge in [0, 0.05) is 18.8 Å². The van der Waals surface area contributed by atoms with Crippen LogP contribution in [0.4, 0.5) is 4.79 Å². The minimum Gasteiger partial charge on any atom is -0.444 e. The monoisotopic (exact) mass is 391 g/mol. The Bertz CT molecular complexity index is 673. The number of Topliss-reactive ketones (excluding diaryl/α,β-unsaturated/α-hetero) is 2. The standard InChI is InChI=1S/C22H33NO5/c1-14(2)20(23-21(27)28-22(4,5)6)19(26)11-15(3)18(25)12-16-7-9-17(13-24)10-8-16/h7-10,14-15,20,24H,11-13H2,1-6H3,(H,23,27)/t15-,20+/m1/s1. The average molecular weight is 392 g/mol. The second-order valence-corrected chi connectivity index (χ2v) is 8.56. The molecule has 2 atom stereocenters. The lowest BCUT2D eigenvalue weighted by Crippen LogP contribution is -2.47. The van der Waals surface area contributed by atoms with Crippen LogP contribution in [0, 0.1) is 11.8 Å². The van der Waals surface area contributed by atoms with Crippen LogP contribution in [0.3, 0.4) is 0 Å². The SMILES string of the molecule is CC(C)[C@H](NC(=O)OC(C)(C)C)C(=O)C[C@@H](C)C(=O)Cc1ccc(CO)cc1. The Morgan fingerprint density at radius 3 is 2.00 bits per heavy atom. The smallest absolute Gasteiger partial charge is 0.408 e. The molecule has 1 aromatic rings. The Morgan fingerprint density at radius 1 is 1.00 bits per heavy atom. The van der Waals surface area contributed by atoms with Crippen LogP contribution < -0.4 is 5.32 Å². The summed E-state index contributed by atoms with van der Waals surface area (Å²) in [7, 11) is 0. The molecule has 0 spiro atoms. The summed E-state index contributed by atoms with van der Waals surface area (Å²) in [6, 6.07) is 6.46. The quantitative estimate of drug-likeness (QED) is 0.673. The van der Waals surface area contributed by atoms with E-state index in [1.807, 2.05) is 13.8 Å². The zero-order valence-corrected chi connectivity index (χ0v) is 17.7. The summed E-state index contributed by atoms with van der Waals surface area (Å²) < 4.78 is 5.23. The molecule has 0 saturated heterocycles. The molecule has 0 heterocycles. The highest BCUT2D eigenvalue weighted by Gasteiger charge is 2.29. The molecule has 0 aliphatic carbocycles. The Balaban J connectivity index is 2.67. The van der Waals surface area contributed by atoms with Crippen LogP contribution in [0.25, 0.3) is 0 Å². The highest BCUT2D eigenvalue weighted by atomic mass is 16.6. The van der Waals surface area contributed by atoms with Crippen LogP contribution in [0.2, 0.25) is 0 Å². The van der Waals surface area contributed by atoms with Crippen molar-refractivity contribution in [3.8, 4) is 0 Å². The Morgan fingerprint density at radius 2 is 1.54 bits per heavy atom. The maximum Gasteiger partial charge on any atom is 0.408 e. The number of hydrogen-bond acceptors (Lipinski definition) is 5. The third-order valence-electron chi connectivity index (χ3n) is 4.33. The van der Waals surface area contributed by atoms with Crippen molar-refractivity contribution in [3.05, 3.63) is 35.4 Å². The molecule has 2 N–H and O–H groups in total. The predicted octanol–water partition coefficient (Wildman–Crippen LogP) is 3.44. The summed E-state index contributed by atoms with van der Waals surface area (Å²) in [6.45, 7) is 10.6. The van der Waals surface area contributed by atoms with Crippen LogP contribution >= 0.6 is 0 Å². The number of ketones is 2. The highest BCUT2D eigenvalue weighted by Crippen LogP contribution is 2.15. The summed E-state index contributed by atoms with van der Waals surface area (Å²) in [5.41, 5.74) is 0.977. The number of alkyl carbamates (subject to hydrolysis) is 1. The number of ether oxygens (including phenoxy) is 1. The number of aliphatic hydroxyl groups excluding tert-OH is 1. The van der Waals surface area contributed by atoms with Crippen LogP contribution in [0.1, 0.15) is 59.1 Å². The lowest BCUT2D eigenvalue weighted by atomic mass is 9.89. The number of amides is 1. The van der Waals surface area contributed by atoms with Crippen molar-refractivity contribution >= 4 is 17.7 Å². The minimum atomic E-state index is -0.700. The molecular formula is C22H33NO5. The van der Waals surface area contributed by atoms with E-state index in [0.29, 0.717) is 0 Å².